The molecular weight excluding hydrogens is 364 g/mol. The first-order chi connectivity index (χ1) is 14.7. The summed E-state index contributed by atoms with van der Waals surface area (Å²) in [6, 6.07) is 19.9. The van der Waals surface area contributed by atoms with Gasteiger partial charge in [0.2, 0.25) is 0 Å². The molecule has 4 atom stereocenters. The Morgan fingerprint density at radius 2 is 1.73 bits per heavy atom. The van der Waals surface area contributed by atoms with Gasteiger partial charge in [-0.1, -0.05) is 74.9 Å². The third kappa shape index (κ3) is 5.55. The Kier molecular flexibility index (Phi) is 7.66. The normalized spacial score (nSPS) is 25.7. The molecule has 1 nitrogen and oxygen atoms in total. The van der Waals surface area contributed by atoms with Crippen LogP contribution in [-0.2, 0) is 17.8 Å². The van der Waals surface area contributed by atoms with Crippen molar-refractivity contribution in [3.05, 3.63) is 71.3 Å². The molecule has 1 heteroatoms. The largest absolute Gasteiger partial charge is 0.377 e. The minimum absolute atomic E-state index is 0.751. The Balaban J connectivity index is 1.34. The number of hydrogen-bond donors (Lipinski definition) is 0. The molecule has 0 bridgehead atoms. The van der Waals surface area contributed by atoms with E-state index in [-0.39, 0.29) is 0 Å². The fourth-order valence-electron chi connectivity index (χ4n) is 6.16. The van der Waals surface area contributed by atoms with Crippen LogP contribution in [0.25, 0.3) is 0 Å². The summed E-state index contributed by atoms with van der Waals surface area (Å²) in [5, 5.41) is 0. The van der Waals surface area contributed by atoms with Gasteiger partial charge in [0.1, 0.15) is 0 Å². The van der Waals surface area contributed by atoms with Crippen LogP contribution in [0, 0.1) is 23.7 Å². The zero-order chi connectivity index (χ0) is 20.8. The molecule has 0 saturated heterocycles. The second-order valence-corrected chi connectivity index (χ2v) is 10.3. The van der Waals surface area contributed by atoms with Crippen molar-refractivity contribution in [2.75, 3.05) is 6.61 Å². The van der Waals surface area contributed by atoms with Crippen LogP contribution in [0.15, 0.2) is 54.6 Å². The lowest BCUT2D eigenvalue weighted by Gasteiger charge is -2.46. The lowest BCUT2D eigenvalue weighted by Crippen LogP contribution is -2.35. The fourth-order valence-corrected chi connectivity index (χ4v) is 6.16. The van der Waals surface area contributed by atoms with Crippen molar-refractivity contribution in [3.63, 3.8) is 0 Å². The smallest absolute Gasteiger partial charge is 0.0716 e. The number of aryl methyl sites for hydroxylation is 1. The van der Waals surface area contributed by atoms with Crippen LogP contribution < -0.4 is 0 Å². The Morgan fingerprint density at radius 1 is 0.933 bits per heavy atom. The summed E-state index contributed by atoms with van der Waals surface area (Å²) in [7, 11) is 0. The van der Waals surface area contributed by atoms with E-state index in [1.165, 1.54) is 56.9 Å². The maximum absolute atomic E-state index is 5.98. The first-order valence-corrected chi connectivity index (χ1v) is 12.4. The summed E-state index contributed by atoms with van der Waals surface area (Å²) in [6.45, 7) is 6.42. The van der Waals surface area contributed by atoms with E-state index in [4.69, 9.17) is 4.74 Å². The van der Waals surface area contributed by atoms with Crippen molar-refractivity contribution < 1.29 is 4.74 Å². The van der Waals surface area contributed by atoms with Crippen LogP contribution in [0.4, 0.5) is 0 Å². The van der Waals surface area contributed by atoms with Gasteiger partial charge >= 0.3 is 0 Å². The molecular formula is C29H40O. The number of ether oxygens (including phenoxy) is 1. The highest BCUT2D eigenvalue weighted by atomic mass is 16.5. The van der Waals surface area contributed by atoms with Crippen molar-refractivity contribution >= 4 is 0 Å². The quantitative estimate of drug-likeness (QED) is 0.387. The molecule has 0 spiro atoms. The van der Waals surface area contributed by atoms with Gasteiger partial charge in [0.05, 0.1) is 6.61 Å². The lowest BCUT2D eigenvalue weighted by molar-refractivity contribution is 0.0905. The van der Waals surface area contributed by atoms with E-state index < -0.39 is 0 Å². The number of hydrogen-bond acceptors (Lipinski definition) is 1. The molecule has 0 N–H and O–H groups in total. The third-order valence-electron chi connectivity index (χ3n) is 7.67. The highest BCUT2D eigenvalue weighted by Crippen LogP contribution is 2.51. The second-order valence-electron chi connectivity index (χ2n) is 10.3. The molecule has 0 radical (unpaired) electrons. The molecule has 0 amide bonds. The van der Waals surface area contributed by atoms with E-state index in [0.717, 1.165) is 42.8 Å². The van der Waals surface area contributed by atoms with E-state index in [1.54, 1.807) is 11.1 Å². The van der Waals surface area contributed by atoms with Gasteiger partial charge in [-0.3, -0.25) is 0 Å². The van der Waals surface area contributed by atoms with Gasteiger partial charge in [-0.05, 0) is 91.2 Å². The summed E-state index contributed by atoms with van der Waals surface area (Å²) < 4.78 is 5.98. The standard InChI is InChI=1S/C29H40O/c1-22(2)14-15-26-19-24(11-8-18-30-21-23-9-4-3-5-10-23)20-29-27-13-7-6-12-25(27)16-17-28(26)29/h3-7,9-10,12-13,22,24,26,28-29H,8,11,14-21H2,1-2H3. The maximum atomic E-state index is 5.98. The first kappa shape index (κ1) is 21.6. The molecule has 162 valence electrons. The van der Waals surface area contributed by atoms with Gasteiger partial charge in [-0.15, -0.1) is 0 Å². The SMILES string of the molecule is CC(C)CCC1CC(CCCOCc2ccccc2)CC2c3ccccc3CCC12. The molecule has 0 heterocycles. The Hall–Kier alpha value is -1.60. The van der Waals surface area contributed by atoms with Crippen molar-refractivity contribution in [1.82, 2.24) is 0 Å². The first-order valence-electron chi connectivity index (χ1n) is 12.4. The molecule has 2 aliphatic carbocycles. The molecule has 4 unspecified atom stereocenters. The van der Waals surface area contributed by atoms with Crippen molar-refractivity contribution in [1.29, 1.82) is 0 Å². The Bertz CT molecular complexity index is 765. The number of rotatable bonds is 9. The summed E-state index contributed by atoms with van der Waals surface area (Å²) in [5.74, 6) is 4.34. The molecule has 30 heavy (non-hydrogen) atoms. The predicted molar refractivity (Wildman–Crippen MR) is 127 cm³/mol. The lowest BCUT2D eigenvalue weighted by atomic mass is 9.59. The second kappa shape index (κ2) is 10.6. The Morgan fingerprint density at radius 3 is 2.57 bits per heavy atom. The van der Waals surface area contributed by atoms with Crippen molar-refractivity contribution in [2.45, 2.75) is 77.7 Å². The van der Waals surface area contributed by atoms with Gasteiger partial charge in [-0.2, -0.15) is 0 Å². The summed E-state index contributed by atoms with van der Waals surface area (Å²) >= 11 is 0. The van der Waals surface area contributed by atoms with Crippen LogP contribution in [0.2, 0.25) is 0 Å². The number of benzene rings is 2. The molecule has 4 rings (SSSR count). The van der Waals surface area contributed by atoms with Gasteiger partial charge in [0, 0.05) is 6.61 Å². The van der Waals surface area contributed by atoms with Crippen LogP contribution in [0.1, 0.15) is 81.4 Å². The van der Waals surface area contributed by atoms with E-state index in [2.05, 4.69) is 68.4 Å². The summed E-state index contributed by atoms with van der Waals surface area (Å²) in [6.07, 6.45) is 10.9. The van der Waals surface area contributed by atoms with E-state index in [1.807, 2.05) is 0 Å². The van der Waals surface area contributed by atoms with Crippen LogP contribution in [-0.4, -0.2) is 6.61 Å². The highest BCUT2D eigenvalue weighted by Gasteiger charge is 2.40. The maximum Gasteiger partial charge on any atom is 0.0716 e. The summed E-state index contributed by atoms with van der Waals surface area (Å²) in [4.78, 5) is 0. The zero-order valence-corrected chi connectivity index (χ0v) is 19.1. The topological polar surface area (TPSA) is 9.23 Å². The molecule has 2 aliphatic rings. The monoisotopic (exact) mass is 404 g/mol. The van der Waals surface area contributed by atoms with Crippen LogP contribution >= 0.6 is 0 Å². The van der Waals surface area contributed by atoms with Gasteiger partial charge in [-0.25, -0.2) is 0 Å². The fraction of sp³-hybridized carbons (Fsp3) is 0.586. The third-order valence-corrected chi connectivity index (χ3v) is 7.67. The average molecular weight is 405 g/mol. The minimum atomic E-state index is 0.751. The molecule has 2 aromatic rings. The summed E-state index contributed by atoms with van der Waals surface area (Å²) in [5.41, 5.74) is 4.60. The van der Waals surface area contributed by atoms with E-state index in [0.29, 0.717) is 0 Å². The minimum Gasteiger partial charge on any atom is -0.377 e. The molecule has 1 saturated carbocycles. The average Bonchev–Trinajstić information content (AvgIpc) is 2.77. The van der Waals surface area contributed by atoms with E-state index >= 15 is 0 Å². The van der Waals surface area contributed by atoms with Crippen LogP contribution in [0.5, 0.6) is 0 Å². The van der Waals surface area contributed by atoms with Gasteiger partial charge < -0.3 is 4.74 Å². The van der Waals surface area contributed by atoms with Crippen molar-refractivity contribution in [2.24, 2.45) is 23.7 Å². The number of fused-ring (bicyclic) bond motifs is 3. The predicted octanol–water partition coefficient (Wildman–Crippen LogP) is 7.79. The Labute approximate surface area is 184 Å². The molecule has 0 aliphatic heterocycles. The van der Waals surface area contributed by atoms with Gasteiger partial charge in [0.15, 0.2) is 0 Å². The highest BCUT2D eigenvalue weighted by molar-refractivity contribution is 5.34. The molecule has 1 fully saturated rings. The molecule has 0 aromatic heterocycles. The van der Waals surface area contributed by atoms with Crippen molar-refractivity contribution in [3.8, 4) is 0 Å². The van der Waals surface area contributed by atoms with Crippen LogP contribution in [0.3, 0.4) is 0 Å². The molecule has 2 aromatic carbocycles. The van der Waals surface area contributed by atoms with Gasteiger partial charge in [0.25, 0.3) is 0 Å². The zero-order valence-electron chi connectivity index (χ0n) is 19.1. The van der Waals surface area contributed by atoms with E-state index in [9.17, 15) is 0 Å².